The summed E-state index contributed by atoms with van der Waals surface area (Å²) in [6.45, 7) is 9.42. The van der Waals surface area contributed by atoms with Crippen molar-refractivity contribution in [3.05, 3.63) is 48.0 Å². The van der Waals surface area contributed by atoms with Gasteiger partial charge in [0, 0.05) is 49.7 Å². The van der Waals surface area contributed by atoms with Crippen LogP contribution in [-0.2, 0) is 16.1 Å². The summed E-state index contributed by atoms with van der Waals surface area (Å²) < 4.78 is 1.89. The van der Waals surface area contributed by atoms with Gasteiger partial charge in [0.1, 0.15) is 13.1 Å². The second-order valence-electron chi connectivity index (χ2n) is 7.43. The first kappa shape index (κ1) is 26.5. The van der Waals surface area contributed by atoms with E-state index in [1.54, 1.807) is 0 Å². The van der Waals surface area contributed by atoms with Crippen molar-refractivity contribution in [2.24, 2.45) is 5.92 Å². The molecule has 1 saturated heterocycles. The SMILES string of the molecule is C=O.CC.CNc1nc2cccc(-c3ccc(CN4CCSCC4)cc3)n2n1.O=CC1CC1. The molecule has 2 aliphatic rings. The molecular weight excluding hydrogens is 434 g/mol. The molecule has 0 bridgehead atoms. The average Bonchev–Trinajstić information content (AvgIpc) is 3.64. The highest BCUT2D eigenvalue weighted by atomic mass is 32.2. The Morgan fingerprint density at radius 3 is 2.30 bits per heavy atom. The predicted molar refractivity (Wildman–Crippen MR) is 138 cm³/mol. The smallest absolute Gasteiger partial charge is 0.242 e. The second kappa shape index (κ2) is 14.4. The van der Waals surface area contributed by atoms with Gasteiger partial charge in [-0.1, -0.05) is 44.2 Å². The minimum Gasteiger partial charge on any atom is -0.356 e. The Morgan fingerprint density at radius 1 is 1.09 bits per heavy atom. The Balaban J connectivity index is 0.000000368. The minimum atomic E-state index is 0.454. The Labute approximate surface area is 201 Å². The Kier molecular flexibility index (Phi) is 11.6. The van der Waals surface area contributed by atoms with Crippen molar-refractivity contribution in [3.63, 3.8) is 0 Å². The topological polar surface area (TPSA) is 79.6 Å². The third-order valence-electron chi connectivity index (χ3n) is 5.16. The first-order valence-corrected chi connectivity index (χ1v) is 12.6. The zero-order valence-corrected chi connectivity index (χ0v) is 20.7. The van der Waals surface area contributed by atoms with E-state index >= 15 is 0 Å². The van der Waals surface area contributed by atoms with E-state index < -0.39 is 0 Å². The van der Waals surface area contributed by atoms with Crippen LogP contribution in [0.4, 0.5) is 5.95 Å². The molecule has 0 amide bonds. The standard InChI is InChI=1S/C18H21N5S.C4H6O.C2H6.CH2O/c1-19-18-20-17-4-2-3-16(23(17)21-18)15-7-5-14(6-8-15)13-22-9-11-24-12-10-22;5-3-4-1-2-4;2*1-2/h2-8H,9-13H2,1H3,(H,19,21);3-4H,1-2H2;1-2H3;1H2. The summed E-state index contributed by atoms with van der Waals surface area (Å²) in [6, 6.07) is 14.9. The van der Waals surface area contributed by atoms with Crippen LogP contribution < -0.4 is 5.32 Å². The van der Waals surface area contributed by atoms with E-state index in [9.17, 15) is 4.79 Å². The Bertz CT molecular complexity index is 967. The number of fused-ring (bicyclic) bond motifs is 1. The van der Waals surface area contributed by atoms with E-state index in [2.05, 4.69) is 62.4 Å². The number of carbonyl (C=O) groups is 2. The number of hydrogen-bond acceptors (Lipinski definition) is 7. The van der Waals surface area contributed by atoms with Crippen molar-refractivity contribution in [1.82, 2.24) is 19.5 Å². The molecule has 0 radical (unpaired) electrons. The van der Waals surface area contributed by atoms with Crippen LogP contribution in [0.15, 0.2) is 42.5 Å². The summed E-state index contributed by atoms with van der Waals surface area (Å²) >= 11 is 2.05. The van der Waals surface area contributed by atoms with E-state index in [1.807, 2.05) is 44.3 Å². The summed E-state index contributed by atoms with van der Waals surface area (Å²) in [6.07, 6.45) is 3.31. The van der Waals surface area contributed by atoms with Gasteiger partial charge in [-0.15, -0.1) is 5.10 Å². The van der Waals surface area contributed by atoms with Crippen LogP contribution in [0.2, 0.25) is 0 Å². The molecule has 3 heterocycles. The maximum atomic E-state index is 9.57. The van der Waals surface area contributed by atoms with Gasteiger partial charge < -0.3 is 14.9 Å². The number of nitrogens with one attached hydrogen (secondary N) is 1. The van der Waals surface area contributed by atoms with Crippen LogP contribution in [0.3, 0.4) is 0 Å². The van der Waals surface area contributed by atoms with E-state index in [0.29, 0.717) is 11.9 Å². The molecule has 2 aromatic heterocycles. The Hall–Kier alpha value is -2.71. The fourth-order valence-electron chi connectivity index (χ4n) is 3.26. The number of benzene rings is 1. The molecule has 33 heavy (non-hydrogen) atoms. The highest BCUT2D eigenvalue weighted by Gasteiger charge is 2.19. The number of nitrogens with zero attached hydrogens (tertiary/aromatic N) is 4. The molecule has 1 aliphatic carbocycles. The van der Waals surface area contributed by atoms with Gasteiger partial charge in [0.15, 0.2) is 5.65 Å². The third kappa shape index (κ3) is 7.98. The monoisotopic (exact) mass is 469 g/mol. The zero-order chi connectivity index (χ0) is 24.1. The molecule has 1 N–H and O–H groups in total. The number of carbonyl (C=O) groups excluding carboxylic acids is 2. The van der Waals surface area contributed by atoms with Crippen molar-refractivity contribution in [2.75, 3.05) is 37.0 Å². The van der Waals surface area contributed by atoms with Crippen LogP contribution in [0.5, 0.6) is 0 Å². The van der Waals surface area contributed by atoms with Crippen LogP contribution >= 0.6 is 11.8 Å². The van der Waals surface area contributed by atoms with Crippen molar-refractivity contribution in [2.45, 2.75) is 33.2 Å². The number of aldehydes is 1. The first-order chi connectivity index (χ1) is 16.3. The highest BCUT2D eigenvalue weighted by Crippen LogP contribution is 2.25. The lowest BCUT2D eigenvalue weighted by molar-refractivity contribution is -0.108. The lowest BCUT2D eigenvalue weighted by atomic mass is 10.1. The lowest BCUT2D eigenvalue weighted by Gasteiger charge is -2.26. The molecule has 178 valence electrons. The fourth-order valence-corrected chi connectivity index (χ4v) is 4.24. The number of hydrogen-bond donors (Lipinski definition) is 1. The van der Waals surface area contributed by atoms with Gasteiger partial charge in [-0.25, -0.2) is 4.52 Å². The van der Waals surface area contributed by atoms with E-state index in [1.165, 1.54) is 30.2 Å². The number of rotatable bonds is 5. The van der Waals surface area contributed by atoms with Gasteiger partial charge in [0.05, 0.1) is 5.69 Å². The summed E-state index contributed by atoms with van der Waals surface area (Å²) in [5, 5.41) is 7.51. The maximum absolute atomic E-state index is 9.57. The first-order valence-electron chi connectivity index (χ1n) is 11.4. The molecule has 1 aromatic carbocycles. The molecular formula is C25H35N5O2S. The second-order valence-corrected chi connectivity index (χ2v) is 8.65. The van der Waals surface area contributed by atoms with Crippen molar-refractivity contribution < 1.29 is 9.59 Å². The predicted octanol–water partition coefficient (Wildman–Crippen LogP) is 4.42. The van der Waals surface area contributed by atoms with Gasteiger partial charge in [-0.3, -0.25) is 4.90 Å². The normalized spacial score (nSPS) is 15.1. The largest absolute Gasteiger partial charge is 0.356 e. The lowest BCUT2D eigenvalue weighted by Crippen LogP contribution is -2.31. The molecule has 1 saturated carbocycles. The molecule has 1 aliphatic heterocycles. The summed E-state index contributed by atoms with van der Waals surface area (Å²) in [4.78, 5) is 24.5. The maximum Gasteiger partial charge on any atom is 0.242 e. The Morgan fingerprint density at radius 2 is 1.76 bits per heavy atom. The van der Waals surface area contributed by atoms with E-state index in [0.717, 1.165) is 42.6 Å². The van der Waals surface area contributed by atoms with Crippen LogP contribution in [0.1, 0.15) is 32.3 Å². The van der Waals surface area contributed by atoms with Crippen molar-refractivity contribution in [3.8, 4) is 11.3 Å². The number of aromatic nitrogens is 3. The third-order valence-corrected chi connectivity index (χ3v) is 6.10. The summed E-state index contributed by atoms with van der Waals surface area (Å²) in [5.74, 6) is 3.59. The molecule has 2 fully saturated rings. The highest BCUT2D eigenvalue weighted by molar-refractivity contribution is 7.99. The van der Waals surface area contributed by atoms with Gasteiger partial charge >= 0.3 is 0 Å². The molecule has 7 nitrogen and oxygen atoms in total. The van der Waals surface area contributed by atoms with E-state index in [4.69, 9.17) is 4.79 Å². The molecule has 3 aromatic rings. The molecule has 0 atom stereocenters. The molecule has 0 unspecified atom stereocenters. The van der Waals surface area contributed by atoms with Crippen LogP contribution in [0, 0.1) is 5.92 Å². The van der Waals surface area contributed by atoms with Gasteiger partial charge in [-0.05, 0) is 30.5 Å². The van der Waals surface area contributed by atoms with Crippen LogP contribution in [0.25, 0.3) is 16.9 Å². The van der Waals surface area contributed by atoms with Crippen LogP contribution in [-0.4, -0.2) is 64.2 Å². The van der Waals surface area contributed by atoms with Gasteiger partial charge in [0.2, 0.25) is 5.95 Å². The van der Waals surface area contributed by atoms with E-state index in [-0.39, 0.29) is 0 Å². The summed E-state index contributed by atoms with van der Waals surface area (Å²) in [5.41, 5.74) is 4.44. The van der Waals surface area contributed by atoms with Gasteiger partial charge in [0.25, 0.3) is 0 Å². The van der Waals surface area contributed by atoms with Gasteiger partial charge in [-0.2, -0.15) is 16.7 Å². The number of anilines is 1. The minimum absolute atomic E-state index is 0.454. The summed E-state index contributed by atoms with van der Waals surface area (Å²) in [7, 11) is 1.84. The van der Waals surface area contributed by atoms with Crippen molar-refractivity contribution in [1.29, 1.82) is 0 Å². The molecule has 0 spiro atoms. The molecule has 5 rings (SSSR count). The number of thioether (sulfide) groups is 1. The van der Waals surface area contributed by atoms with Crippen molar-refractivity contribution >= 4 is 36.4 Å². The molecule has 8 heteroatoms. The quantitative estimate of drug-likeness (QED) is 0.554. The number of pyridine rings is 1. The zero-order valence-electron chi connectivity index (χ0n) is 19.9. The fraction of sp³-hybridized carbons (Fsp3) is 0.440. The average molecular weight is 470 g/mol.